The molecule has 5 aromatic carbocycles. The topological polar surface area (TPSA) is 48.8 Å². The number of aromatic nitrogens is 5. The van der Waals surface area contributed by atoms with Crippen molar-refractivity contribution in [2.75, 3.05) is 0 Å². The van der Waals surface area contributed by atoms with Gasteiger partial charge in [-0.25, -0.2) is 4.98 Å². The predicted molar refractivity (Wildman–Crippen MR) is 225 cm³/mol. The minimum Gasteiger partial charge on any atom is -0.522 e. The molecular formula is C50H43N5OPt-2. The Morgan fingerprint density at radius 3 is 2.33 bits per heavy atom. The molecule has 0 amide bonds. The van der Waals surface area contributed by atoms with Gasteiger partial charge in [0.25, 0.3) is 6.33 Å². The number of imidazole rings is 1. The molecule has 0 saturated heterocycles. The summed E-state index contributed by atoms with van der Waals surface area (Å²) in [6.45, 7) is 9.49. The van der Waals surface area contributed by atoms with Gasteiger partial charge >= 0.3 is 0 Å². The molecule has 0 unspecified atom stereocenters. The molecule has 0 radical (unpaired) electrons. The van der Waals surface area contributed by atoms with E-state index in [1.807, 2.05) is 133 Å². The largest absolute Gasteiger partial charge is 0.522 e. The molecule has 0 fully saturated rings. The quantitative estimate of drug-likeness (QED) is 0.107. The Bertz CT molecular complexity index is 3060. The van der Waals surface area contributed by atoms with Crippen molar-refractivity contribution in [3.63, 3.8) is 0 Å². The van der Waals surface area contributed by atoms with Crippen LogP contribution < -0.4 is 9.30 Å². The van der Waals surface area contributed by atoms with E-state index in [1.54, 1.807) is 24.5 Å². The molecule has 0 aliphatic carbocycles. The zero-order chi connectivity index (χ0) is 42.0. The van der Waals surface area contributed by atoms with Gasteiger partial charge in [0.15, 0.2) is 0 Å². The Balaban J connectivity index is 0.00000514. The first kappa shape index (κ1) is 33.3. The van der Waals surface area contributed by atoms with Gasteiger partial charge < -0.3 is 9.30 Å². The second kappa shape index (κ2) is 15.6. The van der Waals surface area contributed by atoms with Gasteiger partial charge in [-0.05, 0) is 82.2 Å². The normalized spacial score (nSPS) is 13.3. The number of benzene rings is 5. The smallest absolute Gasteiger partial charge is 0.269 e. The third-order valence-electron chi connectivity index (χ3n) is 9.46. The van der Waals surface area contributed by atoms with E-state index < -0.39 is 18.2 Å². The monoisotopic (exact) mass is 928 g/mol. The van der Waals surface area contributed by atoms with Gasteiger partial charge in [0.2, 0.25) is 0 Å². The molecule has 9 aromatic rings. The van der Waals surface area contributed by atoms with Crippen molar-refractivity contribution < 1.29 is 35.9 Å². The standard InChI is InChI=1S/C50H43N5O.Pt/c1-34(2)26-35-22-24-52-49(28-35)55-44-21-18-38(37-13-7-6-8-14-37)29-43(44)42-20-19-40(30-47(42)55)56-41-23-25-51-48(31-41)54-33-53(45-16-9-10-17-46(45)54)39-15-11-12-36(27-39)32-50(3,4)5;/h6-25,27-29,34H,26,32H2,1-5H3;/q-2;/i26D2,32D2;. The maximum Gasteiger partial charge on any atom is 0.269 e. The Kier molecular flexibility index (Phi) is 9.11. The molecule has 9 rings (SSSR count). The third-order valence-corrected chi connectivity index (χ3v) is 9.46. The van der Waals surface area contributed by atoms with Gasteiger partial charge in [-0.15, -0.1) is 17.5 Å². The maximum atomic E-state index is 8.90. The fraction of sp³-hybridized carbons (Fsp3) is 0.180. The van der Waals surface area contributed by atoms with Crippen molar-refractivity contribution in [2.45, 2.75) is 47.4 Å². The van der Waals surface area contributed by atoms with Crippen molar-refractivity contribution >= 4 is 32.8 Å². The van der Waals surface area contributed by atoms with Crippen molar-refractivity contribution in [1.29, 1.82) is 0 Å². The zero-order valence-corrected chi connectivity index (χ0v) is 34.6. The van der Waals surface area contributed by atoms with Crippen LogP contribution in [-0.4, -0.2) is 19.1 Å². The molecule has 0 atom stereocenters. The van der Waals surface area contributed by atoms with Gasteiger partial charge in [-0.3, -0.25) is 14.1 Å². The first-order valence-corrected chi connectivity index (χ1v) is 18.9. The van der Waals surface area contributed by atoms with E-state index in [9.17, 15) is 0 Å². The van der Waals surface area contributed by atoms with Crippen LogP contribution in [0.5, 0.6) is 11.5 Å². The Morgan fingerprint density at radius 1 is 0.719 bits per heavy atom. The molecule has 57 heavy (non-hydrogen) atoms. The van der Waals surface area contributed by atoms with Crippen LogP contribution in [0.15, 0.2) is 140 Å². The molecule has 0 saturated carbocycles. The van der Waals surface area contributed by atoms with Crippen LogP contribution in [-0.2, 0) is 33.8 Å². The van der Waals surface area contributed by atoms with E-state index in [0.29, 0.717) is 34.3 Å². The van der Waals surface area contributed by atoms with Crippen LogP contribution in [0.1, 0.15) is 51.2 Å². The summed E-state index contributed by atoms with van der Waals surface area (Å²) in [6, 6.07) is 48.2. The van der Waals surface area contributed by atoms with Crippen molar-refractivity contribution in [1.82, 2.24) is 19.1 Å². The first-order valence-electron chi connectivity index (χ1n) is 20.9. The molecule has 6 nitrogen and oxygen atoms in total. The van der Waals surface area contributed by atoms with Gasteiger partial charge in [0, 0.05) is 44.0 Å². The van der Waals surface area contributed by atoms with Crippen molar-refractivity contribution in [3.05, 3.63) is 169 Å². The molecule has 0 spiro atoms. The number of nitrogens with zero attached hydrogens (tertiary/aromatic N) is 5. The van der Waals surface area contributed by atoms with Gasteiger partial charge in [-0.1, -0.05) is 131 Å². The van der Waals surface area contributed by atoms with Crippen LogP contribution in [0.2, 0.25) is 0 Å². The van der Waals surface area contributed by atoms with Gasteiger partial charge in [0.1, 0.15) is 5.82 Å². The predicted octanol–water partition coefficient (Wildman–Crippen LogP) is 11.4. The van der Waals surface area contributed by atoms with E-state index in [2.05, 4.69) is 53.8 Å². The van der Waals surface area contributed by atoms with E-state index in [4.69, 9.17) is 15.2 Å². The van der Waals surface area contributed by atoms with Crippen molar-refractivity contribution in [2.24, 2.45) is 11.3 Å². The van der Waals surface area contributed by atoms with Crippen molar-refractivity contribution in [3.8, 4) is 39.9 Å². The summed E-state index contributed by atoms with van der Waals surface area (Å²) in [5, 5.41) is 1.96. The number of hydrogen-bond donors (Lipinski definition) is 0. The van der Waals surface area contributed by atoms with Crippen LogP contribution in [0, 0.1) is 29.8 Å². The number of para-hydroxylation sites is 2. The number of rotatable bonds is 9. The zero-order valence-electron chi connectivity index (χ0n) is 36.3. The van der Waals surface area contributed by atoms with Crippen LogP contribution in [0.3, 0.4) is 0 Å². The summed E-state index contributed by atoms with van der Waals surface area (Å²) < 4.78 is 47.8. The first-order chi connectivity index (χ1) is 28.7. The Labute approximate surface area is 354 Å². The fourth-order valence-corrected chi connectivity index (χ4v) is 7.21. The van der Waals surface area contributed by atoms with Crippen LogP contribution >= 0.6 is 0 Å². The fourth-order valence-electron chi connectivity index (χ4n) is 7.21. The second-order valence-electron chi connectivity index (χ2n) is 15.3. The van der Waals surface area contributed by atoms with E-state index >= 15 is 0 Å². The average Bonchev–Trinajstić information content (AvgIpc) is 3.79. The van der Waals surface area contributed by atoms with Gasteiger partial charge in [-0.2, -0.15) is 18.2 Å². The summed E-state index contributed by atoms with van der Waals surface area (Å²) in [4.78, 5) is 9.44. The molecular weight excluding hydrogens is 882 g/mol. The molecule has 0 aliphatic rings. The average molecular weight is 929 g/mol. The molecule has 4 aromatic heterocycles. The molecule has 4 heterocycles. The maximum absolute atomic E-state index is 8.90. The Hall–Kier alpha value is -5.84. The molecule has 7 heteroatoms. The second-order valence-corrected chi connectivity index (χ2v) is 15.3. The summed E-state index contributed by atoms with van der Waals surface area (Å²) in [6.07, 6.45) is 3.67. The molecule has 0 bridgehead atoms. The van der Waals surface area contributed by atoms with E-state index in [0.717, 1.165) is 49.7 Å². The molecule has 0 aliphatic heterocycles. The SMILES string of the molecule is [2H]C([2H])(c1ccnc(-n2c3[c-]c(Oc4[c-]c(-n5[c-][n+](-c6cccc(C([2H])([2H])C(C)(C)C)c6)c6ccccc65)ncc4)ccc3c3cc(-c4ccccc4)ccc32)c1)C(C)C.[Pt]. The van der Waals surface area contributed by atoms with E-state index in [1.165, 1.54) is 0 Å². The molecule has 0 N–H and O–H groups in total. The summed E-state index contributed by atoms with van der Waals surface area (Å²) in [7, 11) is 0. The van der Waals surface area contributed by atoms with Crippen LogP contribution in [0.25, 0.3) is 61.3 Å². The van der Waals surface area contributed by atoms with Crippen LogP contribution in [0.4, 0.5) is 0 Å². The Morgan fingerprint density at radius 2 is 1.51 bits per heavy atom. The minimum atomic E-state index is -1.56. The third kappa shape index (κ3) is 7.80. The minimum absolute atomic E-state index is 0. The summed E-state index contributed by atoms with van der Waals surface area (Å²) >= 11 is 0. The number of ether oxygens (including phenoxy) is 1. The van der Waals surface area contributed by atoms with Gasteiger partial charge in [0.05, 0.1) is 22.5 Å². The summed E-state index contributed by atoms with van der Waals surface area (Å²) in [5.74, 6) is 1.69. The molecule has 286 valence electrons. The van der Waals surface area contributed by atoms with E-state index in [-0.39, 0.29) is 27.0 Å². The number of hydrogen-bond acceptors (Lipinski definition) is 3. The number of pyridine rings is 2. The number of fused-ring (bicyclic) bond motifs is 4. The summed E-state index contributed by atoms with van der Waals surface area (Å²) in [5.41, 5.74) is 6.85.